The van der Waals surface area contributed by atoms with Gasteiger partial charge in [0.15, 0.2) is 0 Å². The van der Waals surface area contributed by atoms with Crippen molar-refractivity contribution in [2.45, 2.75) is 0 Å². The highest BCUT2D eigenvalue weighted by atomic mass is 16.5. The van der Waals surface area contributed by atoms with Crippen molar-refractivity contribution in [3.63, 3.8) is 0 Å². The number of benzene rings is 2. The highest BCUT2D eigenvalue weighted by Crippen LogP contribution is 2.24. The van der Waals surface area contributed by atoms with Crippen LogP contribution in [0.25, 0.3) is 16.7 Å². The Labute approximate surface area is 166 Å². The van der Waals surface area contributed by atoms with Gasteiger partial charge in [0.05, 0.1) is 31.5 Å². The normalized spacial score (nSPS) is 14.0. The number of para-hydroxylation sites is 1. The number of nitrogens with one attached hydrogen (secondary N) is 1. The smallest absolute Gasteiger partial charge is 0.337 e. The quantitative estimate of drug-likeness (QED) is 0.604. The average Bonchev–Trinajstić information content (AvgIpc) is 3.30. The number of hydrogen-bond donors (Lipinski definition) is 2. The number of aliphatic hydroxyl groups excluding tert-OH is 1. The van der Waals surface area contributed by atoms with Crippen LogP contribution < -0.4 is 5.32 Å². The van der Waals surface area contributed by atoms with Crippen molar-refractivity contribution in [1.29, 1.82) is 0 Å². The molecule has 9 nitrogen and oxygen atoms in total. The lowest BCUT2D eigenvalue weighted by atomic mass is 10.2. The number of ether oxygens (including phenoxy) is 1. The number of fused-ring (bicyclic) bond motifs is 1. The van der Waals surface area contributed by atoms with E-state index in [1.807, 2.05) is 30.3 Å². The first-order valence-electron chi connectivity index (χ1n) is 9.02. The summed E-state index contributed by atoms with van der Waals surface area (Å²) in [5.74, 6) is -0.954. The van der Waals surface area contributed by atoms with Gasteiger partial charge in [-0.1, -0.05) is 18.2 Å². The van der Waals surface area contributed by atoms with Crippen LogP contribution >= 0.6 is 0 Å². The van der Waals surface area contributed by atoms with Gasteiger partial charge in [0.2, 0.25) is 0 Å². The number of nitrogens with zero attached hydrogens (tertiary/aromatic N) is 4. The van der Waals surface area contributed by atoms with Crippen LogP contribution in [-0.2, 0) is 14.3 Å². The minimum atomic E-state index is -0.586. The third-order valence-corrected chi connectivity index (χ3v) is 4.59. The maximum Gasteiger partial charge on any atom is 0.337 e. The number of carbonyl (C=O) groups is 2. The predicted octanol–water partition coefficient (Wildman–Crippen LogP) is 1.09. The van der Waals surface area contributed by atoms with Gasteiger partial charge in [-0.25, -0.2) is 4.79 Å². The lowest BCUT2D eigenvalue weighted by Gasteiger charge is -2.14. The Morgan fingerprint density at radius 2 is 1.93 bits per heavy atom. The van der Waals surface area contributed by atoms with Crippen molar-refractivity contribution in [2.75, 3.05) is 32.1 Å². The fourth-order valence-corrected chi connectivity index (χ4v) is 3.16. The summed E-state index contributed by atoms with van der Waals surface area (Å²) < 4.78 is 4.80. The van der Waals surface area contributed by atoms with E-state index in [1.54, 1.807) is 18.2 Å². The monoisotopic (exact) mass is 393 g/mol. The Balaban J connectivity index is 1.65. The number of amides is 1. The molecule has 4 rings (SSSR count). The van der Waals surface area contributed by atoms with E-state index in [0.29, 0.717) is 16.7 Å². The zero-order valence-corrected chi connectivity index (χ0v) is 15.7. The Kier molecular flexibility index (Phi) is 4.96. The Morgan fingerprint density at radius 1 is 1.17 bits per heavy atom. The molecule has 0 fully saturated rings. The highest BCUT2D eigenvalue weighted by Gasteiger charge is 2.34. The number of aliphatic hydroxyl groups is 1. The Bertz CT molecular complexity index is 1110. The van der Waals surface area contributed by atoms with Crippen LogP contribution in [-0.4, -0.2) is 63.7 Å². The average molecular weight is 393 g/mol. The topological polar surface area (TPSA) is 110 Å². The molecular formula is C20H19N5O4. The first-order chi connectivity index (χ1) is 14.1. The van der Waals surface area contributed by atoms with Gasteiger partial charge in [-0.15, -0.1) is 10.2 Å². The summed E-state index contributed by atoms with van der Waals surface area (Å²) in [6, 6.07) is 14.8. The first kappa shape index (κ1) is 18.6. The minimum Gasteiger partial charge on any atom is -0.466 e. The van der Waals surface area contributed by atoms with Gasteiger partial charge in [-0.3, -0.25) is 4.79 Å². The van der Waals surface area contributed by atoms with E-state index in [2.05, 4.69) is 15.5 Å². The molecule has 1 aliphatic heterocycles. The standard InChI is InChI=1S/C20H19N5O4/c1-29-20(28)15-12-24(9-10-26)19(27)18(15)21-13-7-8-16-17(11-13)23-25(22-16)14-5-3-2-4-6-14/h2-8,11,21,26H,9-10,12H2,1H3. The van der Waals surface area contributed by atoms with Gasteiger partial charge >= 0.3 is 5.97 Å². The molecule has 1 aliphatic rings. The maximum atomic E-state index is 12.6. The number of hydrogen-bond acceptors (Lipinski definition) is 7. The molecule has 2 N–H and O–H groups in total. The number of β-amino-alcohol motifs (C(OH)–C–C–N with tert-alkyl or cyclic N) is 1. The summed E-state index contributed by atoms with van der Waals surface area (Å²) >= 11 is 0. The van der Waals surface area contributed by atoms with Gasteiger partial charge in [0.25, 0.3) is 5.91 Å². The summed E-state index contributed by atoms with van der Waals surface area (Å²) in [5.41, 5.74) is 3.12. The zero-order valence-electron chi connectivity index (χ0n) is 15.7. The molecule has 0 atom stereocenters. The van der Waals surface area contributed by atoms with Gasteiger partial charge in [-0.2, -0.15) is 4.80 Å². The molecule has 148 valence electrons. The molecule has 29 heavy (non-hydrogen) atoms. The summed E-state index contributed by atoms with van der Waals surface area (Å²) in [6.45, 7) is 0.0256. The molecule has 0 saturated heterocycles. The van der Waals surface area contributed by atoms with Crippen LogP contribution in [0.15, 0.2) is 59.8 Å². The van der Waals surface area contributed by atoms with Crippen LogP contribution in [0.4, 0.5) is 5.69 Å². The number of aromatic nitrogens is 3. The molecular weight excluding hydrogens is 374 g/mol. The van der Waals surface area contributed by atoms with Crippen molar-refractivity contribution < 1.29 is 19.4 Å². The Morgan fingerprint density at radius 3 is 2.66 bits per heavy atom. The number of esters is 1. The second-order valence-electron chi connectivity index (χ2n) is 6.45. The van der Waals surface area contributed by atoms with Crippen LogP contribution in [0.5, 0.6) is 0 Å². The van der Waals surface area contributed by atoms with E-state index in [9.17, 15) is 9.59 Å². The molecule has 0 unspecified atom stereocenters. The second kappa shape index (κ2) is 7.72. The number of rotatable bonds is 6. The van der Waals surface area contributed by atoms with E-state index >= 15 is 0 Å². The molecule has 2 aromatic carbocycles. The molecule has 3 aromatic rings. The molecule has 0 bridgehead atoms. The molecule has 0 aliphatic carbocycles. The summed E-state index contributed by atoms with van der Waals surface area (Å²) in [7, 11) is 1.26. The second-order valence-corrected chi connectivity index (χ2v) is 6.45. The zero-order chi connectivity index (χ0) is 20.4. The first-order valence-corrected chi connectivity index (χ1v) is 9.02. The van der Waals surface area contributed by atoms with E-state index in [0.717, 1.165) is 5.69 Å². The Hall–Kier alpha value is -3.72. The molecule has 0 radical (unpaired) electrons. The molecule has 0 spiro atoms. The minimum absolute atomic E-state index is 0.0842. The third-order valence-electron chi connectivity index (χ3n) is 4.59. The number of carbonyl (C=O) groups excluding carboxylic acids is 2. The molecule has 9 heteroatoms. The fourth-order valence-electron chi connectivity index (χ4n) is 3.16. The van der Waals surface area contributed by atoms with Crippen LogP contribution in [0.3, 0.4) is 0 Å². The van der Waals surface area contributed by atoms with Gasteiger partial charge in [0, 0.05) is 12.2 Å². The van der Waals surface area contributed by atoms with E-state index < -0.39 is 5.97 Å². The van der Waals surface area contributed by atoms with Crippen LogP contribution in [0.2, 0.25) is 0 Å². The summed E-state index contributed by atoms with van der Waals surface area (Å²) in [4.78, 5) is 27.7. The van der Waals surface area contributed by atoms with Gasteiger partial charge < -0.3 is 20.1 Å². The van der Waals surface area contributed by atoms with E-state index in [-0.39, 0.29) is 36.9 Å². The molecule has 1 amide bonds. The highest BCUT2D eigenvalue weighted by molar-refractivity contribution is 6.08. The van der Waals surface area contributed by atoms with Crippen molar-refractivity contribution >= 4 is 28.6 Å². The van der Waals surface area contributed by atoms with Crippen molar-refractivity contribution in [3.05, 3.63) is 59.8 Å². The largest absolute Gasteiger partial charge is 0.466 e. The number of anilines is 1. The van der Waals surface area contributed by atoms with Crippen LogP contribution in [0.1, 0.15) is 0 Å². The van der Waals surface area contributed by atoms with Crippen molar-refractivity contribution in [3.8, 4) is 5.69 Å². The summed E-state index contributed by atoms with van der Waals surface area (Å²) in [5, 5.41) is 21.1. The predicted molar refractivity (Wildman–Crippen MR) is 105 cm³/mol. The third kappa shape index (κ3) is 3.55. The molecule has 1 aromatic heterocycles. The lowest BCUT2D eigenvalue weighted by Crippen LogP contribution is -2.31. The van der Waals surface area contributed by atoms with Crippen molar-refractivity contribution in [2.24, 2.45) is 0 Å². The van der Waals surface area contributed by atoms with Crippen molar-refractivity contribution in [1.82, 2.24) is 19.9 Å². The molecule has 2 heterocycles. The SMILES string of the molecule is COC(=O)C1=C(Nc2ccc3nn(-c4ccccc4)nc3c2)C(=O)N(CCO)C1. The lowest BCUT2D eigenvalue weighted by molar-refractivity contribution is -0.136. The summed E-state index contributed by atoms with van der Waals surface area (Å²) in [6.07, 6.45) is 0. The van der Waals surface area contributed by atoms with Gasteiger partial charge in [-0.05, 0) is 30.3 Å². The van der Waals surface area contributed by atoms with E-state index in [4.69, 9.17) is 9.84 Å². The van der Waals surface area contributed by atoms with Crippen LogP contribution in [0, 0.1) is 0 Å². The number of methoxy groups -OCH3 is 1. The fraction of sp³-hybridized carbons (Fsp3) is 0.200. The van der Waals surface area contributed by atoms with E-state index in [1.165, 1.54) is 16.8 Å². The van der Waals surface area contributed by atoms with Gasteiger partial charge in [0.1, 0.15) is 16.7 Å². The maximum absolute atomic E-state index is 12.6. The molecule has 0 saturated carbocycles.